The molecule has 1 amide bonds. The van der Waals surface area contributed by atoms with Crippen LogP contribution in [-0.4, -0.2) is 22.9 Å². The van der Waals surface area contributed by atoms with Gasteiger partial charge < -0.3 is 10.6 Å². The largest absolute Gasteiger partial charge is 0.383 e. The van der Waals surface area contributed by atoms with E-state index >= 15 is 0 Å². The van der Waals surface area contributed by atoms with E-state index in [1.807, 2.05) is 0 Å². The van der Waals surface area contributed by atoms with Crippen LogP contribution >= 0.6 is 0 Å². The van der Waals surface area contributed by atoms with Crippen LogP contribution < -0.4 is 10.6 Å². The van der Waals surface area contributed by atoms with Crippen LogP contribution in [-0.2, 0) is 0 Å². The van der Waals surface area contributed by atoms with Crippen molar-refractivity contribution in [2.75, 3.05) is 17.7 Å². The van der Waals surface area contributed by atoms with E-state index in [0.717, 1.165) is 12.3 Å². The number of carbonyl (C=O) groups excluding carboxylic acids is 1. The first kappa shape index (κ1) is 12.0. The predicted octanol–water partition coefficient (Wildman–Crippen LogP) is 1.47. The lowest BCUT2D eigenvalue weighted by molar-refractivity contribution is 0.0993. The van der Waals surface area contributed by atoms with Gasteiger partial charge in [-0.05, 0) is 18.2 Å². The van der Waals surface area contributed by atoms with Crippen molar-refractivity contribution in [1.29, 1.82) is 0 Å². The van der Waals surface area contributed by atoms with Crippen molar-refractivity contribution in [1.82, 2.24) is 9.97 Å². The van der Waals surface area contributed by atoms with E-state index in [2.05, 4.69) is 9.97 Å². The number of nitrogens with two attached hydrogens (primary N) is 1. The number of pyridine rings is 2. The number of hydrogen-bond acceptors (Lipinski definition) is 4. The molecule has 92 valence electrons. The van der Waals surface area contributed by atoms with Gasteiger partial charge in [0.2, 0.25) is 0 Å². The highest BCUT2D eigenvalue weighted by molar-refractivity contribution is 6.08. The van der Waals surface area contributed by atoms with E-state index in [-0.39, 0.29) is 11.4 Å². The second-order valence-electron chi connectivity index (χ2n) is 3.66. The molecule has 5 nitrogen and oxygen atoms in total. The average molecular weight is 246 g/mol. The van der Waals surface area contributed by atoms with Crippen LogP contribution in [0.2, 0.25) is 0 Å². The van der Waals surface area contributed by atoms with Crippen molar-refractivity contribution in [3.8, 4) is 0 Å². The van der Waals surface area contributed by atoms with Crippen LogP contribution in [0.25, 0.3) is 0 Å². The Morgan fingerprint density at radius 1 is 1.39 bits per heavy atom. The SMILES string of the molecule is CN(C(=O)c1cc(F)cnc1N)c1ccncc1. The molecule has 0 atom stereocenters. The average Bonchev–Trinajstić information content (AvgIpc) is 2.41. The van der Waals surface area contributed by atoms with E-state index < -0.39 is 11.7 Å². The number of nitrogen functional groups attached to an aromatic ring is 1. The number of rotatable bonds is 2. The first-order valence-corrected chi connectivity index (χ1v) is 5.18. The molecule has 0 aliphatic carbocycles. The van der Waals surface area contributed by atoms with Gasteiger partial charge in [0.1, 0.15) is 11.6 Å². The molecule has 0 saturated carbocycles. The zero-order valence-corrected chi connectivity index (χ0v) is 9.67. The fourth-order valence-electron chi connectivity index (χ4n) is 1.49. The summed E-state index contributed by atoms with van der Waals surface area (Å²) in [7, 11) is 1.57. The van der Waals surface area contributed by atoms with Gasteiger partial charge in [0.15, 0.2) is 0 Å². The van der Waals surface area contributed by atoms with Gasteiger partial charge in [-0.1, -0.05) is 0 Å². The third kappa shape index (κ3) is 2.27. The summed E-state index contributed by atoms with van der Waals surface area (Å²) in [6.07, 6.45) is 4.09. The number of nitrogens with zero attached hydrogens (tertiary/aromatic N) is 3. The molecule has 2 heterocycles. The van der Waals surface area contributed by atoms with Crippen molar-refractivity contribution < 1.29 is 9.18 Å². The Hall–Kier alpha value is -2.50. The molecule has 6 heteroatoms. The number of hydrogen-bond donors (Lipinski definition) is 1. The molecule has 2 aromatic rings. The van der Waals surface area contributed by atoms with Crippen LogP contribution in [0.5, 0.6) is 0 Å². The maximum absolute atomic E-state index is 13.1. The molecule has 0 fully saturated rings. The van der Waals surface area contributed by atoms with Gasteiger partial charge in [-0.15, -0.1) is 0 Å². The first-order valence-electron chi connectivity index (χ1n) is 5.18. The normalized spacial score (nSPS) is 10.1. The van der Waals surface area contributed by atoms with Gasteiger partial charge in [-0.2, -0.15) is 0 Å². The molecule has 0 unspecified atom stereocenters. The van der Waals surface area contributed by atoms with E-state index in [9.17, 15) is 9.18 Å². The van der Waals surface area contributed by atoms with Crippen LogP contribution in [0.3, 0.4) is 0 Å². The molecule has 0 aliphatic rings. The summed E-state index contributed by atoms with van der Waals surface area (Å²) >= 11 is 0. The summed E-state index contributed by atoms with van der Waals surface area (Å²) in [6, 6.07) is 4.41. The minimum Gasteiger partial charge on any atom is -0.383 e. The van der Waals surface area contributed by atoms with Crippen LogP contribution in [0, 0.1) is 5.82 Å². The van der Waals surface area contributed by atoms with E-state index in [1.54, 1.807) is 31.6 Å². The number of amides is 1. The number of carbonyl (C=O) groups is 1. The smallest absolute Gasteiger partial charge is 0.261 e. The molecular weight excluding hydrogens is 235 g/mol. The predicted molar refractivity (Wildman–Crippen MR) is 65.6 cm³/mol. The van der Waals surface area contributed by atoms with Gasteiger partial charge >= 0.3 is 0 Å². The molecule has 2 rings (SSSR count). The zero-order valence-electron chi connectivity index (χ0n) is 9.67. The quantitative estimate of drug-likeness (QED) is 0.871. The highest BCUT2D eigenvalue weighted by Gasteiger charge is 2.17. The van der Waals surface area contributed by atoms with Crippen molar-refractivity contribution in [3.05, 3.63) is 48.2 Å². The number of anilines is 2. The fourth-order valence-corrected chi connectivity index (χ4v) is 1.49. The Labute approximate surface area is 103 Å². The van der Waals surface area contributed by atoms with Crippen molar-refractivity contribution >= 4 is 17.4 Å². The maximum atomic E-state index is 13.1. The molecule has 2 aromatic heterocycles. The van der Waals surface area contributed by atoms with Gasteiger partial charge in [0.25, 0.3) is 5.91 Å². The van der Waals surface area contributed by atoms with Crippen LogP contribution in [0.15, 0.2) is 36.8 Å². The lowest BCUT2D eigenvalue weighted by atomic mass is 10.2. The van der Waals surface area contributed by atoms with Gasteiger partial charge in [0.05, 0.1) is 11.8 Å². The highest BCUT2D eigenvalue weighted by atomic mass is 19.1. The maximum Gasteiger partial charge on any atom is 0.261 e. The van der Waals surface area contributed by atoms with Crippen molar-refractivity contribution in [3.63, 3.8) is 0 Å². The molecule has 2 N–H and O–H groups in total. The van der Waals surface area contributed by atoms with Crippen LogP contribution in [0.1, 0.15) is 10.4 Å². The summed E-state index contributed by atoms with van der Waals surface area (Å²) in [5.41, 5.74) is 6.24. The Morgan fingerprint density at radius 2 is 2.06 bits per heavy atom. The fraction of sp³-hybridized carbons (Fsp3) is 0.0833. The summed E-state index contributed by atoms with van der Waals surface area (Å²) < 4.78 is 13.1. The summed E-state index contributed by atoms with van der Waals surface area (Å²) in [4.78, 5) is 21.0. The Balaban J connectivity index is 2.34. The Morgan fingerprint density at radius 3 is 2.72 bits per heavy atom. The molecule has 0 aromatic carbocycles. The van der Waals surface area contributed by atoms with Gasteiger partial charge in [-0.25, -0.2) is 9.37 Å². The van der Waals surface area contributed by atoms with E-state index in [1.165, 1.54) is 4.90 Å². The van der Waals surface area contributed by atoms with E-state index in [0.29, 0.717) is 5.69 Å². The standard InChI is InChI=1S/C12H11FN4O/c1-17(9-2-4-15-5-3-9)12(18)10-6-8(13)7-16-11(10)14/h2-7H,1H3,(H2,14,16). The minimum absolute atomic E-state index is 0.00214. The number of halogens is 1. The minimum atomic E-state index is -0.601. The monoisotopic (exact) mass is 246 g/mol. The summed E-state index contributed by atoms with van der Waals surface area (Å²) in [6.45, 7) is 0. The second kappa shape index (κ2) is 4.79. The molecule has 0 saturated heterocycles. The lowest BCUT2D eigenvalue weighted by Crippen LogP contribution is -2.27. The van der Waals surface area contributed by atoms with Crippen molar-refractivity contribution in [2.24, 2.45) is 0 Å². The van der Waals surface area contributed by atoms with Crippen LogP contribution in [0.4, 0.5) is 15.9 Å². The second-order valence-corrected chi connectivity index (χ2v) is 3.66. The van der Waals surface area contributed by atoms with Gasteiger partial charge in [0, 0.05) is 25.1 Å². The Kier molecular flexibility index (Phi) is 3.18. The molecule has 0 bridgehead atoms. The topological polar surface area (TPSA) is 72.1 Å². The third-order valence-corrected chi connectivity index (χ3v) is 2.47. The molecule has 0 aliphatic heterocycles. The third-order valence-electron chi connectivity index (χ3n) is 2.47. The lowest BCUT2D eigenvalue weighted by Gasteiger charge is -2.17. The molecule has 18 heavy (non-hydrogen) atoms. The zero-order chi connectivity index (χ0) is 13.1. The highest BCUT2D eigenvalue weighted by Crippen LogP contribution is 2.17. The first-order chi connectivity index (χ1) is 8.59. The van der Waals surface area contributed by atoms with E-state index in [4.69, 9.17) is 5.73 Å². The summed E-state index contributed by atoms with van der Waals surface area (Å²) in [5, 5.41) is 0. The molecule has 0 spiro atoms. The van der Waals surface area contributed by atoms with Gasteiger partial charge in [-0.3, -0.25) is 9.78 Å². The summed E-state index contributed by atoms with van der Waals surface area (Å²) in [5.74, 6) is -1.02. The Bertz CT molecular complexity index is 574. The molecule has 0 radical (unpaired) electrons. The van der Waals surface area contributed by atoms with Crippen molar-refractivity contribution in [2.45, 2.75) is 0 Å². The molecular formula is C12H11FN4O. The number of aromatic nitrogens is 2.